The van der Waals surface area contributed by atoms with Gasteiger partial charge in [0.2, 0.25) is 0 Å². The Morgan fingerprint density at radius 1 is 1.61 bits per heavy atom. The molecule has 1 unspecified atom stereocenters. The Morgan fingerprint density at radius 3 is 3.00 bits per heavy atom. The van der Waals surface area contributed by atoms with Crippen LogP contribution in [0.5, 0.6) is 0 Å². The summed E-state index contributed by atoms with van der Waals surface area (Å²) in [4.78, 5) is 26.5. The van der Waals surface area contributed by atoms with Gasteiger partial charge < -0.3 is 20.2 Å². The third-order valence-corrected chi connectivity index (χ3v) is 2.63. The SMILES string of the molecule is CN(C(=O)C(O)CN)c1ccc2[nH]c(=O)oc2c1. The van der Waals surface area contributed by atoms with Gasteiger partial charge in [0.05, 0.1) is 5.52 Å². The number of nitrogens with zero attached hydrogens (tertiary/aromatic N) is 1. The van der Waals surface area contributed by atoms with Crippen molar-refractivity contribution in [3.63, 3.8) is 0 Å². The average Bonchev–Trinajstić information content (AvgIpc) is 2.74. The van der Waals surface area contributed by atoms with E-state index in [1.54, 1.807) is 12.1 Å². The zero-order valence-electron chi connectivity index (χ0n) is 9.71. The molecule has 0 aliphatic heterocycles. The van der Waals surface area contributed by atoms with Crippen molar-refractivity contribution in [2.75, 3.05) is 18.5 Å². The van der Waals surface area contributed by atoms with Gasteiger partial charge in [0.15, 0.2) is 5.58 Å². The van der Waals surface area contributed by atoms with Gasteiger partial charge in [0, 0.05) is 25.3 Å². The highest BCUT2D eigenvalue weighted by atomic mass is 16.4. The van der Waals surface area contributed by atoms with Crippen LogP contribution in [0.15, 0.2) is 27.4 Å². The van der Waals surface area contributed by atoms with Gasteiger partial charge in [-0.1, -0.05) is 0 Å². The number of nitrogens with two attached hydrogens (primary N) is 1. The van der Waals surface area contributed by atoms with Crippen LogP contribution >= 0.6 is 0 Å². The van der Waals surface area contributed by atoms with Gasteiger partial charge >= 0.3 is 5.76 Å². The van der Waals surface area contributed by atoms with E-state index in [9.17, 15) is 14.7 Å². The predicted octanol–water partition coefficient (Wildman–Crippen LogP) is -0.597. The van der Waals surface area contributed by atoms with Crippen LogP contribution in [0.2, 0.25) is 0 Å². The Morgan fingerprint density at radius 2 is 2.33 bits per heavy atom. The highest BCUT2D eigenvalue weighted by Gasteiger charge is 2.19. The molecule has 0 radical (unpaired) electrons. The summed E-state index contributed by atoms with van der Waals surface area (Å²) in [5.74, 6) is -1.08. The second kappa shape index (κ2) is 4.63. The molecule has 1 heterocycles. The Labute approximate surface area is 102 Å². The van der Waals surface area contributed by atoms with Crippen molar-refractivity contribution < 1.29 is 14.3 Å². The molecule has 2 rings (SSSR count). The molecule has 4 N–H and O–H groups in total. The number of aromatic nitrogens is 1. The number of rotatable bonds is 3. The van der Waals surface area contributed by atoms with E-state index < -0.39 is 17.8 Å². The second-order valence-corrected chi connectivity index (χ2v) is 3.84. The standard InChI is InChI=1S/C11H13N3O4/c1-14(10(16)8(15)5-12)6-2-3-7-9(4-6)18-11(17)13-7/h2-4,8,15H,5,12H2,1H3,(H,13,17). The van der Waals surface area contributed by atoms with Crippen molar-refractivity contribution in [1.82, 2.24) is 4.98 Å². The molecule has 0 spiro atoms. The number of fused-ring (bicyclic) bond motifs is 1. The maximum atomic E-state index is 11.7. The molecule has 0 aliphatic carbocycles. The van der Waals surface area contributed by atoms with Crippen molar-refractivity contribution in [3.05, 3.63) is 28.7 Å². The first-order chi connectivity index (χ1) is 8.52. The number of aliphatic hydroxyl groups excluding tert-OH is 1. The fourth-order valence-corrected chi connectivity index (χ4v) is 1.59. The van der Waals surface area contributed by atoms with Crippen molar-refractivity contribution in [2.45, 2.75) is 6.10 Å². The summed E-state index contributed by atoms with van der Waals surface area (Å²) >= 11 is 0. The number of H-pyrrole nitrogens is 1. The molecule has 1 aromatic carbocycles. The first kappa shape index (κ1) is 12.3. The maximum Gasteiger partial charge on any atom is 0.417 e. The summed E-state index contributed by atoms with van der Waals surface area (Å²) < 4.78 is 4.89. The number of amides is 1. The monoisotopic (exact) mass is 251 g/mol. The number of carbonyl (C=O) groups excluding carboxylic acids is 1. The minimum atomic E-state index is -1.25. The molecule has 0 saturated heterocycles. The van der Waals surface area contributed by atoms with E-state index >= 15 is 0 Å². The van der Waals surface area contributed by atoms with E-state index in [0.29, 0.717) is 16.8 Å². The van der Waals surface area contributed by atoms with Crippen molar-refractivity contribution >= 4 is 22.7 Å². The quantitative estimate of drug-likeness (QED) is 0.674. The second-order valence-electron chi connectivity index (χ2n) is 3.84. The first-order valence-corrected chi connectivity index (χ1v) is 5.31. The number of hydrogen-bond donors (Lipinski definition) is 3. The van der Waals surface area contributed by atoms with Gasteiger partial charge in [-0.25, -0.2) is 4.79 Å². The number of benzene rings is 1. The fraction of sp³-hybridized carbons (Fsp3) is 0.273. The highest BCUT2D eigenvalue weighted by molar-refractivity contribution is 5.97. The van der Waals surface area contributed by atoms with E-state index in [1.807, 2.05) is 0 Å². The molecule has 0 fully saturated rings. The molecule has 0 aliphatic rings. The van der Waals surface area contributed by atoms with Crippen LogP contribution in [-0.2, 0) is 4.79 Å². The Bertz CT molecular complexity index is 630. The number of hydrogen-bond acceptors (Lipinski definition) is 5. The zero-order valence-corrected chi connectivity index (χ0v) is 9.71. The molecule has 0 saturated carbocycles. The minimum absolute atomic E-state index is 0.148. The molecule has 7 heteroatoms. The molecule has 1 amide bonds. The van der Waals surface area contributed by atoms with E-state index in [2.05, 4.69) is 4.98 Å². The van der Waals surface area contributed by atoms with Crippen LogP contribution in [-0.4, -0.2) is 35.7 Å². The van der Waals surface area contributed by atoms with Crippen LogP contribution < -0.4 is 16.4 Å². The van der Waals surface area contributed by atoms with Crippen LogP contribution in [0.25, 0.3) is 11.1 Å². The van der Waals surface area contributed by atoms with E-state index in [-0.39, 0.29) is 6.54 Å². The predicted molar refractivity (Wildman–Crippen MR) is 65.3 cm³/mol. The number of aliphatic hydroxyl groups is 1. The third-order valence-electron chi connectivity index (χ3n) is 2.63. The van der Waals surface area contributed by atoms with Gasteiger partial charge in [-0.15, -0.1) is 0 Å². The maximum absolute atomic E-state index is 11.7. The zero-order chi connectivity index (χ0) is 13.3. The van der Waals surface area contributed by atoms with Gasteiger partial charge in [-0.05, 0) is 12.1 Å². The molecular formula is C11H13N3O4. The van der Waals surface area contributed by atoms with E-state index in [1.165, 1.54) is 18.0 Å². The smallest absolute Gasteiger partial charge is 0.408 e. The van der Waals surface area contributed by atoms with Gasteiger partial charge in [-0.2, -0.15) is 0 Å². The number of oxazole rings is 1. The third kappa shape index (κ3) is 2.13. The lowest BCUT2D eigenvalue weighted by Gasteiger charge is -2.19. The number of likely N-dealkylation sites (N-methyl/N-ethyl adjacent to an activating group) is 1. The fourth-order valence-electron chi connectivity index (χ4n) is 1.59. The summed E-state index contributed by atoms with van der Waals surface area (Å²) in [6.07, 6.45) is -1.25. The normalized spacial score (nSPS) is 12.6. The molecule has 96 valence electrons. The van der Waals surface area contributed by atoms with Crippen LogP contribution in [0.3, 0.4) is 0 Å². The molecule has 2 aromatic rings. The van der Waals surface area contributed by atoms with Crippen LogP contribution in [0.4, 0.5) is 5.69 Å². The van der Waals surface area contributed by atoms with Gasteiger partial charge in [0.1, 0.15) is 6.10 Å². The number of nitrogens with one attached hydrogen (secondary N) is 1. The Hall–Kier alpha value is -2.12. The molecule has 7 nitrogen and oxygen atoms in total. The molecule has 0 bridgehead atoms. The minimum Gasteiger partial charge on any atom is -0.408 e. The summed E-state index contributed by atoms with van der Waals surface area (Å²) in [5.41, 5.74) is 6.61. The van der Waals surface area contributed by atoms with Crippen molar-refractivity contribution in [3.8, 4) is 0 Å². The summed E-state index contributed by atoms with van der Waals surface area (Å²) in [6.45, 7) is -0.148. The van der Waals surface area contributed by atoms with Crippen LogP contribution in [0.1, 0.15) is 0 Å². The molecule has 18 heavy (non-hydrogen) atoms. The van der Waals surface area contributed by atoms with Crippen molar-refractivity contribution in [1.29, 1.82) is 0 Å². The molecular weight excluding hydrogens is 238 g/mol. The number of aromatic amines is 1. The summed E-state index contributed by atoms with van der Waals surface area (Å²) in [6, 6.07) is 4.79. The summed E-state index contributed by atoms with van der Waals surface area (Å²) in [7, 11) is 1.51. The molecule has 1 atom stereocenters. The Kier molecular flexibility index (Phi) is 3.17. The Balaban J connectivity index is 2.35. The molecule has 1 aromatic heterocycles. The first-order valence-electron chi connectivity index (χ1n) is 5.31. The topological polar surface area (TPSA) is 113 Å². The van der Waals surface area contributed by atoms with E-state index in [0.717, 1.165) is 0 Å². The lowest BCUT2D eigenvalue weighted by atomic mass is 10.2. The number of anilines is 1. The lowest BCUT2D eigenvalue weighted by molar-refractivity contribution is -0.125. The lowest BCUT2D eigenvalue weighted by Crippen LogP contribution is -2.40. The summed E-state index contributed by atoms with van der Waals surface area (Å²) in [5, 5.41) is 9.38. The van der Waals surface area contributed by atoms with Crippen molar-refractivity contribution in [2.24, 2.45) is 5.73 Å². The highest BCUT2D eigenvalue weighted by Crippen LogP contribution is 2.19. The van der Waals surface area contributed by atoms with E-state index in [4.69, 9.17) is 10.2 Å². The number of carbonyl (C=O) groups is 1. The average molecular weight is 251 g/mol. The van der Waals surface area contributed by atoms with Gasteiger partial charge in [0.25, 0.3) is 5.91 Å². The van der Waals surface area contributed by atoms with Crippen LogP contribution in [0, 0.1) is 0 Å². The van der Waals surface area contributed by atoms with Gasteiger partial charge in [-0.3, -0.25) is 9.78 Å². The largest absolute Gasteiger partial charge is 0.417 e.